The maximum absolute atomic E-state index is 5.31. The molecule has 0 saturated heterocycles. The van der Waals surface area contributed by atoms with E-state index in [-0.39, 0.29) is 0 Å². The van der Waals surface area contributed by atoms with E-state index in [2.05, 4.69) is 26.4 Å². The highest BCUT2D eigenvalue weighted by molar-refractivity contribution is 9.10. The van der Waals surface area contributed by atoms with E-state index < -0.39 is 0 Å². The summed E-state index contributed by atoms with van der Waals surface area (Å²) in [6.45, 7) is 3.27. The Kier molecular flexibility index (Phi) is 4.38. The second-order valence-electron chi connectivity index (χ2n) is 3.99. The number of benzene rings is 1. The highest BCUT2D eigenvalue weighted by Gasteiger charge is 2.04. The van der Waals surface area contributed by atoms with Gasteiger partial charge in [-0.1, -0.05) is 21.1 Å². The normalized spacial score (nSPS) is 10.6. The molecule has 0 atom stereocenters. The molecule has 18 heavy (non-hydrogen) atoms. The van der Waals surface area contributed by atoms with E-state index in [0.29, 0.717) is 13.1 Å². The van der Waals surface area contributed by atoms with Crippen LogP contribution < -0.4 is 10.1 Å². The highest BCUT2D eigenvalue weighted by atomic mass is 79.9. The van der Waals surface area contributed by atoms with Crippen LogP contribution in [0.25, 0.3) is 0 Å². The lowest BCUT2D eigenvalue weighted by atomic mass is 10.2. The Labute approximate surface area is 114 Å². The van der Waals surface area contributed by atoms with Crippen LogP contribution in [0.5, 0.6) is 5.75 Å². The molecule has 96 valence electrons. The Bertz CT molecular complexity index is 525. The predicted molar refractivity (Wildman–Crippen MR) is 72.5 cm³/mol. The predicted octanol–water partition coefficient (Wildman–Crippen LogP) is 3.04. The number of nitrogens with zero attached hydrogens (tertiary/aromatic N) is 1. The van der Waals surface area contributed by atoms with E-state index >= 15 is 0 Å². The molecule has 0 fully saturated rings. The Balaban J connectivity index is 1.95. The number of halogens is 1. The molecule has 1 heterocycles. The number of nitrogens with one attached hydrogen (secondary N) is 1. The Morgan fingerprint density at radius 3 is 2.83 bits per heavy atom. The molecule has 0 aliphatic heterocycles. The Morgan fingerprint density at radius 2 is 2.17 bits per heavy atom. The molecular formula is C13H15BrN2O2. The molecule has 0 aliphatic carbocycles. The van der Waals surface area contributed by atoms with Crippen molar-refractivity contribution in [3.05, 3.63) is 45.8 Å². The first-order chi connectivity index (χ1) is 8.69. The largest absolute Gasteiger partial charge is 0.496 e. The smallest absolute Gasteiger partial charge is 0.133 e. The molecule has 0 radical (unpaired) electrons. The first-order valence-corrected chi connectivity index (χ1v) is 6.43. The molecule has 2 aromatic rings. The molecule has 0 aliphatic rings. The quantitative estimate of drug-likeness (QED) is 0.922. The molecule has 0 saturated carbocycles. The van der Waals surface area contributed by atoms with Gasteiger partial charge in [-0.15, -0.1) is 0 Å². The van der Waals surface area contributed by atoms with Crippen LogP contribution in [0.2, 0.25) is 0 Å². The molecule has 0 unspecified atom stereocenters. The second-order valence-corrected chi connectivity index (χ2v) is 4.90. The topological polar surface area (TPSA) is 47.3 Å². The van der Waals surface area contributed by atoms with E-state index in [9.17, 15) is 0 Å². The molecule has 0 bridgehead atoms. The Morgan fingerprint density at radius 1 is 1.33 bits per heavy atom. The molecule has 0 spiro atoms. The van der Waals surface area contributed by atoms with Crippen LogP contribution in [-0.2, 0) is 13.1 Å². The van der Waals surface area contributed by atoms with Crippen molar-refractivity contribution in [3.63, 3.8) is 0 Å². The minimum atomic E-state index is 0.674. The van der Waals surface area contributed by atoms with Crippen LogP contribution in [0.3, 0.4) is 0 Å². The van der Waals surface area contributed by atoms with Crippen molar-refractivity contribution >= 4 is 15.9 Å². The zero-order valence-corrected chi connectivity index (χ0v) is 12.0. The van der Waals surface area contributed by atoms with E-state index in [0.717, 1.165) is 27.2 Å². The third-order valence-corrected chi connectivity index (χ3v) is 3.03. The summed E-state index contributed by atoms with van der Waals surface area (Å²) in [6, 6.07) is 7.87. The molecular weight excluding hydrogens is 296 g/mol. The van der Waals surface area contributed by atoms with Crippen molar-refractivity contribution in [2.45, 2.75) is 20.0 Å². The van der Waals surface area contributed by atoms with Crippen LogP contribution >= 0.6 is 15.9 Å². The summed E-state index contributed by atoms with van der Waals surface area (Å²) in [5, 5.41) is 7.24. The number of methoxy groups -OCH3 is 1. The number of rotatable bonds is 5. The van der Waals surface area contributed by atoms with Gasteiger partial charge in [0, 0.05) is 29.2 Å². The van der Waals surface area contributed by atoms with Crippen molar-refractivity contribution in [2.24, 2.45) is 0 Å². The summed E-state index contributed by atoms with van der Waals surface area (Å²) in [5.41, 5.74) is 2.01. The SMILES string of the molecule is COc1ccc(Br)cc1CNCc1cc(C)on1. The first-order valence-electron chi connectivity index (χ1n) is 5.64. The van der Waals surface area contributed by atoms with Gasteiger partial charge in [-0.2, -0.15) is 0 Å². The van der Waals surface area contributed by atoms with Gasteiger partial charge < -0.3 is 14.6 Å². The monoisotopic (exact) mass is 310 g/mol. The average molecular weight is 311 g/mol. The van der Waals surface area contributed by atoms with Gasteiger partial charge in [0.05, 0.1) is 12.8 Å². The van der Waals surface area contributed by atoms with Gasteiger partial charge in [0.15, 0.2) is 0 Å². The van der Waals surface area contributed by atoms with Gasteiger partial charge >= 0.3 is 0 Å². The van der Waals surface area contributed by atoms with Crippen molar-refractivity contribution in [3.8, 4) is 5.75 Å². The van der Waals surface area contributed by atoms with E-state index in [1.165, 1.54) is 0 Å². The summed E-state index contributed by atoms with van der Waals surface area (Å²) in [4.78, 5) is 0. The molecule has 4 nitrogen and oxygen atoms in total. The molecule has 1 aromatic carbocycles. The second kappa shape index (κ2) is 6.02. The lowest BCUT2D eigenvalue weighted by Gasteiger charge is -2.09. The van der Waals surface area contributed by atoms with Crippen LogP contribution in [0.4, 0.5) is 0 Å². The summed E-state index contributed by atoms with van der Waals surface area (Å²) in [5.74, 6) is 1.70. The standard InChI is InChI=1S/C13H15BrN2O2/c1-9-5-12(16-18-9)8-15-7-10-6-11(14)3-4-13(10)17-2/h3-6,15H,7-8H2,1-2H3. The molecule has 0 amide bonds. The maximum Gasteiger partial charge on any atom is 0.133 e. The zero-order chi connectivity index (χ0) is 13.0. The van der Waals surface area contributed by atoms with Gasteiger partial charge in [0.2, 0.25) is 0 Å². The van der Waals surface area contributed by atoms with E-state index in [4.69, 9.17) is 9.26 Å². The lowest BCUT2D eigenvalue weighted by molar-refractivity contribution is 0.387. The fourth-order valence-corrected chi connectivity index (χ4v) is 2.12. The van der Waals surface area contributed by atoms with E-state index in [1.54, 1.807) is 7.11 Å². The highest BCUT2D eigenvalue weighted by Crippen LogP contribution is 2.22. The number of aryl methyl sites for hydroxylation is 1. The summed E-state index contributed by atoms with van der Waals surface area (Å²) in [7, 11) is 1.67. The van der Waals surface area contributed by atoms with Crippen LogP contribution in [0.15, 0.2) is 33.3 Å². The molecule has 1 N–H and O–H groups in total. The molecule has 5 heteroatoms. The fourth-order valence-electron chi connectivity index (χ4n) is 1.71. The van der Waals surface area contributed by atoms with Crippen molar-refractivity contribution in [1.82, 2.24) is 10.5 Å². The van der Waals surface area contributed by atoms with Crippen molar-refractivity contribution in [1.29, 1.82) is 0 Å². The fraction of sp³-hybridized carbons (Fsp3) is 0.308. The van der Waals surface area contributed by atoms with Crippen LogP contribution in [0.1, 0.15) is 17.0 Å². The van der Waals surface area contributed by atoms with Gasteiger partial charge in [0.25, 0.3) is 0 Å². The van der Waals surface area contributed by atoms with Gasteiger partial charge in [-0.25, -0.2) is 0 Å². The number of ether oxygens (including phenoxy) is 1. The average Bonchev–Trinajstić information content (AvgIpc) is 2.75. The molecule has 2 rings (SSSR count). The number of hydrogen-bond acceptors (Lipinski definition) is 4. The van der Waals surface area contributed by atoms with Gasteiger partial charge in [-0.05, 0) is 25.1 Å². The summed E-state index contributed by atoms with van der Waals surface area (Å²) >= 11 is 3.45. The van der Waals surface area contributed by atoms with Crippen LogP contribution in [-0.4, -0.2) is 12.3 Å². The summed E-state index contributed by atoms with van der Waals surface area (Å²) in [6.07, 6.45) is 0. The van der Waals surface area contributed by atoms with E-state index in [1.807, 2.05) is 31.2 Å². The van der Waals surface area contributed by atoms with Gasteiger partial charge in [0.1, 0.15) is 11.5 Å². The summed E-state index contributed by atoms with van der Waals surface area (Å²) < 4.78 is 11.4. The minimum absolute atomic E-state index is 0.674. The maximum atomic E-state index is 5.31. The third-order valence-electron chi connectivity index (χ3n) is 2.54. The lowest BCUT2D eigenvalue weighted by Crippen LogP contribution is -2.13. The van der Waals surface area contributed by atoms with Crippen molar-refractivity contribution < 1.29 is 9.26 Å². The number of hydrogen-bond donors (Lipinski definition) is 1. The Hall–Kier alpha value is -1.33. The van der Waals surface area contributed by atoms with Gasteiger partial charge in [-0.3, -0.25) is 0 Å². The van der Waals surface area contributed by atoms with Crippen LogP contribution in [0, 0.1) is 6.92 Å². The third kappa shape index (κ3) is 3.34. The number of aromatic nitrogens is 1. The van der Waals surface area contributed by atoms with Crippen molar-refractivity contribution in [2.75, 3.05) is 7.11 Å². The zero-order valence-electron chi connectivity index (χ0n) is 10.4. The molecule has 1 aromatic heterocycles. The first kappa shape index (κ1) is 13.1. The minimum Gasteiger partial charge on any atom is -0.496 e.